The Morgan fingerprint density at radius 3 is 2.45 bits per heavy atom. The van der Waals surface area contributed by atoms with Crippen LogP contribution in [0.5, 0.6) is 5.75 Å². The smallest absolute Gasteiger partial charge is 0.295 e. The number of benzene rings is 3. The van der Waals surface area contributed by atoms with Crippen LogP contribution in [0.25, 0.3) is 17.1 Å². The lowest BCUT2D eigenvalue weighted by atomic mass is 10.2. The van der Waals surface area contributed by atoms with E-state index in [0.717, 1.165) is 11.3 Å². The molecular weight excluding hydrogens is 419 g/mol. The van der Waals surface area contributed by atoms with Gasteiger partial charge in [0.25, 0.3) is 5.91 Å². The topological polar surface area (TPSA) is 69.0 Å². The predicted molar refractivity (Wildman–Crippen MR) is 117 cm³/mol. The molecule has 0 aliphatic carbocycles. The monoisotopic (exact) mass is 436 g/mol. The molecule has 1 heterocycles. The predicted octanol–water partition coefficient (Wildman–Crippen LogP) is 5.38. The molecule has 1 N–H and O–H groups in total. The minimum Gasteiger partial charge on any atom is -0.494 e. The van der Waals surface area contributed by atoms with Gasteiger partial charge >= 0.3 is 0 Å². The number of rotatable bonds is 6. The van der Waals surface area contributed by atoms with Crippen LogP contribution in [-0.2, 0) is 0 Å². The van der Waals surface area contributed by atoms with Crippen molar-refractivity contribution in [2.75, 3.05) is 11.9 Å². The molecule has 1 aromatic heterocycles. The maximum Gasteiger partial charge on any atom is 0.295 e. The highest BCUT2D eigenvalue weighted by molar-refractivity contribution is 6.30. The van der Waals surface area contributed by atoms with Crippen molar-refractivity contribution in [3.8, 4) is 22.8 Å². The van der Waals surface area contributed by atoms with Crippen LogP contribution in [-0.4, -0.2) is 27.3 Å². The molecule has 4 aromatic rings. The number of amides is 1. The molecule has 0 aliphatic rings. The number of carbonyl (C=O) groups excluding carboxylic acids is 1. The SMILES string of the molecule is CCOc1ccc(-n2nc(C(=O)Nc3ccccc3F)nc2-c2ccc(Cl)cc2)cc1. The van der Waals surface area contributed by atoms with Crippen LogP contribution in [0.15, 0.2) is 72.8 Å². The first-order valence-electron chi connectivity index (χ1n) is 9.57. The van der Waals surface area contributed by atoms with Crippen LogP contribution in [0.4, 0.5) is 10.1 Å². The van der Waals surface area contributed by atoms with Crippen molar-refractivity contribution in [3.63, 3.8) is 0 Å². The molecule has 0 fully saturated rings. The second-order valence-corrected chi connectivity index (χ2v) is 6.98. The number of aromatic nitrogens is 3. The third-order valence-corrected chi connectivity index (χ3v) is 4.68. The highest BCUT2D eigenvalue weighted by atomic mass is 35.5. The summed E-state index contributed by atoms with van der Waals surface area (Å²) in [6, 6.07) is 20.2. The van der Waals surface area contributed by atoms with E-state index in [1.165, 1.54) is 12.1 Å². The normalized spacial score (nSPS) is 10.7. The van der Waals surface area contributed by atoms with E-state index in [2.05, 4.69) is 15.4 Å². The zero-order valence-electron chi connectivity index (χ0n) is 16.5. The van der Waals surface area contributed by atoms with Crippen molar-refractivity contribution in [3.05, 3.63) is 89.5 Å². The molecule has 0 saturated carbocycles. The molecule has 0 saturated heterocycles. The Bertz CT molecular complexity index is 1210. The Morgan fingerprint density at radius 1 is 1.06 bits per heavy atom. The Hall–Kier alpha value is -3.71. The van der Waals surface area contributed by atoms with Crippen LogP contribution in [0.1, 0.15) is 17.5 Å². The number of hydrogen-bond donors (Lipinski definition) is 1. The summed E-state index contributed by atoms with van der Waals surface area (Å²) in [7, 11) is 0. The largest absolute Gasteiger partial charge is 0.494 e. The first kappa shape index (κ1) is 20.6. The third kappa shape index (κ3) is 4.57. The average Bonchev–Trinajstić information content (AvgIpc) is 3.22. The van der Waals surface area contributed by atoms with Gasteiger partial charge in [-0.25, -0.2) is 14.1 Å². The van der Waals surface area contributed by atoms with Crippen molar-refractivity contribution in [1.82, 2.24) is 14.8 Å². The van der Waals surface area contributed by atoms with Gasteiger partial charge in [-0.3, -0.25) is 4.79 Å². The van der Waals surface area contributed by atoms with E-state index < -0.39 is 11.7 Å². The third-order valence-electron chi connectivity index (χ3n) is 4.43. The van der Waals surface area contributed by atoms with Gasteiger partial charge in [0, 0.05) is 10.6 Å². The molecule has 4 rings (SSSR count). The van der Waals surface area contributed by atoms with Crippen LogP contribution in [0.2, 0.25) is 5.02 Å². The van der Waals surface area contributed by atoms with Crippen LogP contribution >= 0.6 is 11.6 Å². The van der Waals surface area contributed by atoms with Gasteiger partial charge in [0.15, 0.2) is 5.82 Å². The lowest BCUT2D eigenvalue weighted by molar-refractivity contribution is 0.101. The summed E-state index contributed by atoms with van der Waals surface area (Å²) in [4.78, 5) is 17.1. The molecule has 156 valence electrons. The van der Waals surface area contributed by atoms with Crippen molar-refractivity contribution in [1.29, 1.82) is 0 Å². The van der Waals surface area contributed by atoms with Gasteiger partial charge in [0.2, 0.25) is 5.82 Å². The average molecular weight is 437 g/mol. The van der Waals surface area contributed by atoms with Crippen molar-refractivity contribution >= 4 is 23.2 Å². The first-order chi connectivity index (χ1) is 15.0. The van der Waals surface area contributed by atoms with Crippen LogP contribution in [0.3, 0.4) is 0 Å². The molecule has 0 bridgehead atoms. The molecule has 0 unspecified atom stereocenters. The standard InChI is InChI=1S/C23H18ClFN4O2/c1-2-31-18-13-11-17(12-14-18)29-22(15-7-9-16(24)10-8-15)27-21(28-29)23(30)26-20-6-4-3-5-19(20)25/h3-14H,2H2,1H3,(H,26,30). The Labute approximate surface area is 183 Å². The van der Waals surface area contributed by atoms with E-state index in [9.17, 15) is 9.18 Å². The molecule has 1 amide bonds. The molecule has 8 heteroatoms. The van der Waals surface area contributed by atoms with Gasteiger partial charge in [0.1, 0.15) is 11.6 Å². The molecule has 31 heavy (non-hydrogen) atoms. The van der Waals surface area contributed by atoms with Crippen molar-refractivity contribution in [2.24, 2.45) is 0 Å². The van der Waals surface area contributed by atoms with Gasteiger partial charge in [-0.2, -0.15) is 0 Å². The van der Waals surface area contributed by atoms with E-state index in [1.54, 1.807) is 41.1 Å². The first-order valence-corrected chi connectivity index (χ1v) is 9.95. The van der Waals surface area contributed by atoms with E-state index >= 15 is 0 Å². The fourth-order valence-corrected chi connectivity index (χ4v) is 3.09. The maximum absolute atomic E-state index is 13.9. The molecule has 0 radical (unpaired) electrons. The number of ether oxygens (including phenoxy) is 1. The highest BCUT2D eigenvalue weighted by Crippen LogP contribution is 2.25. The van der Waals surface area contributed by atoms with Crippen molar-refractivity contribution in [2.45, 2.75) is 6.92 Å². The minimum atomic E-state index is -0.620. The Morgan fingerprint density at radius 2 is 1.77 bits per heavy atom. The van der Waals surface area contributed by atoms with E-state index in [4.69, 9.17) is 16.3 Å². The van der Waals surface area contributed by atoms with Crippen molar-refractivity contribution < 1.29 is 13.9 Å². The van der Waals surface area contributed by atoms with Gasteiger partial charge in [0.05, 0.1) is 18.0 Å². The fourth-order valence-electron chi connectivity index (χ4n) is 2.97. The second kappa shape index (κ2) is 8.97. The number of hydrogen-bond acceptors (Lipinski definition) is 4. The number of halogens is 2. The van der Waals surface area contributed by atoms with Crippen LogP contribution < -0.4 is 10.1 Å². The van der Waals surface area contributed by atoms with Crippen LogP contribution in [0, 0.1) is 5.82 Å². The van der Waals surface area contributed by atoms with Gasteiger partial charge in [-0.1, -0.05) is 23.7 Å². The molecule has 0 atom stereocenters. The van der Waals surface area contributed by atoms with Gasteiger partial charge in [-0.05, 0) is 67.6 Å². The zero-order valence-corrected chi connectivity index (χ0v) is 17.3. The Kier molecular flexibility index (Phi) is 5.95. The van der Waals surface area contributed by atoms with E-state index in [1.807, 2.05) is 31.2 Å². The quantitative estimate of drug-likeness (QED) is 0.440. The van der Waals surface area contributed by atoms with E-state index in [0.29, 0.717) is 23.1 Å². The molecule has 3 aromatic carbocycles. The van der Waals surface area contributed by atoms with Gasteiger partial charge < -0.3 is 10.1 Å². The highest BCUT2D eigenvalue weighted by Gasteiger charge is 2.20. The molecule has 6 nitrogen and oxygen atoms in total. The lowest BCUT2D eigenvalue weighted by Gasteiger charge is -2.08. The summed E-state index contributed by atoms with van der Waals surface area (Å²) >= 11 is 6.01. The number of nitrogens with zero attached hydrogens (tertiary/aromatic N) is 3. The van der Waals surface area contributed by atoms with E-state index in [-0.39, 0.29) is 11.5 Å². The summed E-state index contributed by atoms with van der Waals surface area (Å²) in [6.07, 6.45) is 0. The second-order valence-electron chi connectivity index (χ2n) is 6.54. The summed E-state index contributed by atoms with van der Waals surface area (Å²) in [5.74, 6) is -0.0942. The Balaban J connectivity index is 1.73. The number of nitrogens with one attached hydrogen (secondary N) is 1. The number of anilines is 1. The summed E-state index contributed by atoms with van der Waals surface area (Å²) in [6.45, 7) is 2.46. The summed E-state index contributed by atoms with van der Waals surface area (Å²) < 4.78 is 21.0. The zero-order chi connectivity index (χ0) is 21.8. The number of carbonyl (C=O) groups is 1. The minimum absolute atomic E-state index is 0.0537. The summed E-state index contributed by atoms with van der Waals surface area (Å²) in [5.41, 5.74) is 1.46. The number of para-hydroxylation sites is 1. The molecule has 0 aliphatic heterocycles. The lowest BCUT2D eigenvalue weighted by Crippen LogP contribution is -2.15. The molecule has 0 spiro atoms. The summed E-state index contributed by atoms with van der Waals surface area (Å²) in [5, 5.41) is 7.47. The maximum atomic E-state index is 13.9. The molecular formula is C23H18ClFN4O2. The van der Waals surface area contributed by atoms with Gasteiger partial charge in [-0.15, -0.1) is 5.10 Å². The fraction of sp³-hybridized carbons (Fsp3) is 0.0870.